The van der Waals surface area contributed by atoms with Crippen molar-refractivity contribution in [2.75, 3.05) is 17.7 Å². The summed E-state index contributed by atoms with van der Waals surface area (Å²) in [7, 11) is 0. The summed E-state index contributed by atoms with van der Waals surface area (Å²) >= 11 is 5.78. The van der Waals surface area contributed by atoms with E-state index in [2.05, 4.69) is 15.3 Å². The molecule has 0 aromatic carbocycles. The van der Waals surface area contributed by atoms with Crippen LogP contribution in [0.4, 0.5) is 5.82 Å². The first kappa shape index (κ1) is 10.7. The molecule has 4 heteroatoms. The number of rotatable bonds is 5. The molecule has 82 valence electrons. The molecule has 1 saturated carbocycles. The highest BCUT2D eigenvalue weighted by Crippen LogP contribution is 2.48. The Morgan fingerprint density at radius 2 is 2.13 bits per heavy atom. The van der Waals surface area contributed by atoms with Crippen molar-refractivity contribution in [3.05, 3.63) is 18.1 Å². The van der Waals surface area contributed by atoms with E-state index in [1.54, 1.807) is 12.4 Å². The molecule has 1 heterocycles. The third kappa shape index (κ3) is 2.59. The first-order valence-corrected chi connectivity index (χ1v) is 5.87. The van der Waals surface area contributed by atoms with Crippen molar-refractivity contribution in [1.29, 1.82) is 0 Å². The van der Waals surface area contributed by atoms with Crippen molar-refractivity contribution >= 4 is 17.4 Å². The molecule has 0 radical (unpaired) electrons. The fourth-order valence-electron chi connectivity index (χ4n) is 1.74. The van der Waals surface area contributed by atoms with Gasteiger partial charge in [-0.25, -0.2) is 4.98 Å². The topological polar surface area (TPSA) is 37.8 Å². The van der Waals surface area contributed by atoms with E-state index in [0.29, 0.717) is 5.41 Å². The average molecular weight is 226 g/mol. The summed E-state index contributed by atoms with van der Waals surface area (Å²) in [6.45, 7) is 2.94. The Morgan fingerprint density at radius 3 is 2.73 bits per heavy atom. The van der Waals surface area contributed by atoms with Gasteiger partial charge in [0.25, 0.3) is 0 Å². The Kier molecular flexibility index (Phi) is 3.10. The van der Waals surface area contributed by atoms with Gasteiger partial charge in [0, 0.05) is 24.8 Å². The van der Waals surface area contributed by atoms with Crippen LogP contribution in [0.15, 0.2) is 12.4 Å². The minimum atomic E-state index is 0.436. The van der Waals surface area contributed by atoms with E-state index in [9.17, 15) is 0 Å². The van der Waals surface area contributed by atoms with Crippen molar-refractivity contribution in [2.45, 2.75) is 26.2 Å². The lowest BCUT2D eigenvalue weighted by atomic mass is 10.0. The van der Waals surface area contributed by atoms with Gasteiger partial charge in [0.2, 0.25) is 0 Å². The van der Waals surface area contributed by atoms with E-state index >= 15 is 0 Å². The summed E-state index contributed by atoms with van der Waals surface area (Å²) in [6.07, 6.45) is 7.10. The molecule has 1 aromatic heterocycles. The number of aryl methyl sites for hydroxylation is 1. The maximum Gasteiger partial charge on any atom is 0.147 e. The van der Waals surface area contributed by atoms with Crippen LogP contribution in [0, 0.1) is 12.3 Å². The zero-order valence-electron chi connectivity index (χ0n) is 8.96. The molecule has 0 aliphatic heterocycles. The molecule has 0 atom stereocenters. The molecule has 1 aliphatic carbocycles. The molecule has 0 unspecified atom stereocenters. The van der Waals surface area contributed by atoms with Crippen LogP contribution >= 0.6 is 11.6 Å². The standard InChI is InChI=1S/C11H16ClN3/c1-9-10(14-7-6-13-9)15-8-11(2-3-11)4-5-12/h6-7H,2-5,8H2,1H3,(H,14,15). The second-order valence-electron chi connectivity index (χ2n) is 4.28. The maximum absolute atomic E-state index is 5.78. The van der Waals surface area contributed by atoms with E-state index in [1.807, 2.05) is 6.92 Å². The molecule has 3 nitrogen and oxygen atoms in total. The summed E-state index contributed by atoms with van der Waals surface area (Å²) in [5.74, 6) is 1.65. The number of nitrogens with zero attached hydrogens (tertiary/aromatic N) is 2. The van der Waals surface area contributed by atoms with E-state index in [1.165, 1.54) is 12.8 Å². The second kappa shape index (κ2) is 4.35. The van der Waals surface area contributed by atoms with E-state index in [4.69, 9.17) is 11.6 Å². The number of alkyl halides is 1. The monoisotopic (exact) mass is 225 g/mol. The highest BCUT2D eigenvalue weighted by Gasteiger charge is 2.41. The number of aromatic nitrogens is 2. The van der Waals surface area contributed by atoms with E-state index < -0.39 is 0 Å². The van der Waals surface area contributed by atoms with Crippen LogP contribution in [0.1, 0.15) is 25.0 Å². The number of halogens is 1. The van der Waals surface area contributed by atoms with Crippen LogP contribution in [0.5, 0.6) is 0 Å². The van der Waals surface area contributed by atoms with E-state index in [0.717, 1.165) is 30.4 Å². The van der Waals surface area contributed by atoms with Gasteiger partial charge in [0.15, 0.2) is 0 Å². The molecule has 1 aromatic rings. The smallest absolute Gasteiger partial charge is 0.147 e. The summed E-state index contributed by atoms with van der Waals surface area (Å²) in [5.41, 5.74) is 1.39. The van der Waals surface area contributed by atoms with Crippen LogP contribution in [0.2, 0.25) is 0 Å². The minimum absolute atomic E-state index is 0.436. The van der Waals surface area contributed by atoms with Crippen molar-refractivity contribution in [1.82, 2.24) is 9.97 Å². The molecule has 1 fully saturated rings. The van der Waals surface area contributed by atoms with Gasteiger partial charge in [0.1, 0.15) is 5.82 Å². The molecule has 0 amide bonds. The number of anilines is 1. The highest BCUT2D eigenvalue weighted by molar-refractivity contribution is 6.17. The lowest BCUT2D eigenvalue weighted by Gasteiger charge is -2.15. The first-order chi connectivity index (χ1) is 7.26. The number of nitrogens with one attached hydrogen (secondary N) is 1. The molecular weight excluding hydrogens is 210 g/mol. The molecule has 0 saturated heterocycles. The molecule has 0 bridgehead atoms. The van der Waals surface area contributed by atoms with Gasteiger partial charge in [-0.1, -0.05) is 0 Å². The normalized spacial score (nSPS) is 17.5. The van der Waals surface area contributed by atoms with Crippen LogP contribution in [-0.4, -0.2) is 22.4 Å². The zero-order chi connectivity index (χ0) is 10.7. The molecule has 1 N–H and O–H groups in total. The molecule has 1 aliphatic rings. The summed E-state index contributed by atoms with van der Waals surface area (Å²) in [4.78, 5) is 8.46. The van der Waals surface area contributed by atoms with Gasteiger partial charge in [-0.3, -0.25) is 4.98 Å². The Labute approximate surface area is 95.3 Å². The molecular formula is C11H16ClN3. The SMILES string of the molecule is Cc1nccnc1NCC1(CCCl)CC1. The van der Waals surface area contributed by atoms with Gasteiger partial charge >= 0.3 is 0 Å². The lowest BCUT2D eigenvalue weighted by Crippen LogP contribution is -2.17. The highest BCUT2D eigenvalue weighted by atomic mass is 35.5. The minimum Gasteiger partial charge on any atom is -0.368 e. The predicted molar refractivity (Wildman–Crippen MR) is 62.3 cm³/mol. The predicted octanol–water partition coefficient (Wildman–Crippen LogP) is 2.61. The second-order valence-corrected chi connectivity index (χ2v) is 4.66. The summed E-state index contributed by atoms with van der Waals surface area (Å²) in [6, 6.07) is 0. The van der Waals surface area contributed by atoms with Gasteiger partial charge in [-0.2, -0.15) is 0 Å². The average Bonchev–Trinajstić information content (AvgIpc) is 2.98. The summed E-state index contributed by atoms with van der Waals surface area (Å²) < 4.78 is 0. The molecule has 15 heavy (non-hydrogen) atoms. The lowest BCUT2D eigenvalue weighted by molar-refractivity contribution is 0.523. The van der Waals surface area contributed by atoms with Crippen LogP contribution in [0.3, 0.4) is 0 Å². The Morgan fingerprint density at radius 1 is 1.40 bits per heavy atom. The summed E-state index contributed by atoms with van der Waals surface area (Å²) in [5, 5.41) is 3.37. The van der Waals surface area contributed by atoms with Crippen molar-refractivity contribution in [3.63, 3.8) is 0 Å². The van der Waals surface area contributed by atoms with Crippen LogP contribution in [0.25, 0.3) is 0 Å². The first-order valence-electron chi connectivity index (χ1n) is 5.33. The van der Waals surface area contributed by atoms with Gasteiger partial charge < -0.3 is 5.32 Å². The van der Waals surface area contributed by atoms with Gasteiger partial charge in [-0.05, 0) is 31.6 Å². The number of hydrogen-bond donors (Lipinski definition) is 1. The van der Waals surface area contributed by atoms with Gasteiger partial charge in [-0.15, -0.1) is 11.6 Å². The largest absolute Gasteiger partial charge is 0.368 e. The third-order valence-electron chi connectivity index (χ3n) is 3.09. The van der Waals surface area contributed by atoms with E-state index in [-0.39, 0.29) is 0 Å². The Balaban J connectivity index is 1.91. The molecule has 0 spiro atoms. The molecule has 2 rings (SSSR count). The van der Waals surface area contributed by atoms with Crippen LogP contribution in [-0.2, 0) is 0 Å². The Bertz CT molecular complexity index is 336. The fourth-order valence-corrected chi connectivity index (χ4v) is 2.15. The zero-order valence-corrected chi connectivity index (χ0v) is 9.72. The van der Waals surface area contributed by atoms with Crippen LogP contribution < -0.4 is 5.32 Å². The van der Waals surface area contributed by atoms with Crippen molar-refractivity contribution < 1.29 is 0 Å². The quantitative estimate of drug-likeness (QED) is 0.783. The maximum atomic E-state index is 5.78. The third-order valence-corrected chi connectivity index (χ3v) is 3.28. The fraction of sp³-hybridized carbons (Fsp3) is 0.636. The van der Waals surface area contributed by atoms with Gasteiger partial charge in [0.05, 0.1) is 5.69 Å². The Hall–Kier alpha value is -0.830. The van der Waals surface area contributed by atoms with Crippen molar-refractivity contribution in [3.8, 4) is 0 Å². The number of hydrogen-bond acceptors (Lipinski definition) is 3. The van der Waals surface area contributed by atoms with Crippen molar-refractivity contribution in [2.24, 2.45) is 5.41 Å².